The van der Waals surface area contributed by atoms with E-state index in [2.05, 4.69) is 31.4 Å². The summed E-state index contributed by atoms with van der Waals surface area (Å²) >= 11 is 0. The lowest BCUT2D eigenvalue weighted by Gasteiger charge is -2.16. The fraction of sp³-hybridized carbons (Fsp3) is 0.0769. The van der Waals surface area contributed by atoms with E-state index in [0.717, 1.165) is 55.3 Å². The Morgan fingerprint density at radius 2 is 1.18 bits per heavy atom. The zero-order chi connectivity index (χ0) is 46.0. The summed E-state index contributed by atoms with van der Waals surface area (Å²) in [7, 11) is -0.989. The summed E-state index contributed by atoms with van der Waals surface area (Å²) in [6.45, 7) is 5.97. The second-order valence-electron chi connectivity index (χ2n) is 16.4. The van der Waals surface area contributed by atoms with Gasteiger partial charge in [0.2, 0.25) is 0 Å². The van der Waals surface area contributed by atoms with E-state index in [1.54, 1.807) is 24.3 Å². The number of phenols is 1. The number of phenolic OH excluding ortho intramolecular Hbond substituents is 1. The van der Waals surface area contributed by atoms with Crippen LogP contribution in [-0.4, -0.2) is 61.4 Å². The smallest absolute Gasteiger partial charge is 0.504 e. The van der Waals surface area contributed by atoms with Crippen molar-refractivity contribution in [3.05, 3.63) is 184 Å². The highest BCUT2D eigenvalue weighted by atomic mass is 16.7. The Labute approximate surface area is 387 Å². The van der Waals surface area contributed by atoms with Crippen LogP contribution in [0.2, 0.25) is 0 Å². The van der Waals surface area contributed by atoms with Gasteiger partial charge < -0.3 is 43.7 Å². The fourth-order valence-corrected chi connectivity index (χ4v) is 9.19. The van der Waals surface area contributed by atoms with E-state index in [-0.39, 0.29) is 17.9 Å². The number of benzene rings is 5. The average Bonchev–Trinajstić information content (AvgIpc) is 4.23. The highest BCUT2D eigenvalue weighted by Crippen LogP contribution is 2.35. The summed E-state index contributed by atoms with van der Waals surface area (Å²) < 4.78 is 17.4. The number of nitrogens with zero attached hydrogens (tertiary/aromatic N) is 6. The van der Waals surface area contributed by atoms with Gasteiger partial charge in [-0.2, -0.15) is 5.59 Å². The predicted octanol–water partition coefficient (Wildman–Crippen LogP) is 7.66. The Morgan fingerprint density at radius 3 is 1.72 bits per heavy atom. The number of aryl methyl sites for hydroxylation is 2. The van der Waals surface area contributed by atoms with Crippen molar-refractivity contribution in [3.8, 4) is 35.3 Å². The van der Waals surface area contributed by atoms with Gasteiger partial charge in [0.05, 0.1) is 78.4 Å². The Bertz CT molecular complexity index is 3810. The van der Waals surface area contributed by atoms with Crippen molar-refractivity contribution < 1.29 is 19.3 Å². The average molecular weight is 894 g/mol. The van der Waals surface area contributed by atoms with E-state index in [1.165, 1.54) is 0 Å². The molecule has 68 heavy (non-hydrogen) atoms. The van der Waals surface area contributed by atoms with Crippen molar-refractivity contribution in [2.24, 2.45) is 0 Å². The maximum absolute atomic E-state index is 11.0. The molecule has 6 aromatic heterocycles. The molecule has 15 nitrogen and oxygen atoms in total. The van der Waals surface area contributed by atoms with E-state index < -0.39 is 7.25 Å². The van der Waals surface area contributed by atoms with Gasteiger partial charge in [-0.3, -0.25) is 0 Å². The number of para-hydroxylation sites is 10. The first-order chi connectivity index (χ1) is 33.4. The third kappa shape index (κ3) is 6.47. The number of H-pyrrole nitrogens is 4. The molecule has 0 radical (unpaired) electrons. The third-order valence-corrected chi connectivity index (χ3v) is 12.2. The summed E-state index contributed by atoms with van der Waals surface area (Å²) in [6.07, 6.45) is 10.1. The largest absolute Gasteiger partial charge is 0.743 e. The standard InChI is InChI=1S/C52H40BN11O4/c1-5-17-31-32(18-6-2)55-49(54-31)45(50-56-33-19-7-8-20-34(33)57-50)47-44-30(4)64(62-68-40-26-14-13-25-39(40)65)48(43(44)29(3)63(47)53-66-41-27-15-16-28-42(41)67-53)46(51-58-35-21-9-10-22-36(35)59-51)52-60-37-23-11-12-24-38(37)61-52/h1,6-16,18-28,62,65H,17H2,2-4H3,(H,54,55)(H,56,57)(H,58,59)(H,60,61)/b18-6-,47-45-. The van der Waals surface area contributed by atoms with Gasteiger partial charge in [-0.1, -0.05) is 66.7 Å². The minimum absolute atomic E-state index is 0.0491. The molecular weight excluding hydrogens is 853 g/mol. The molecule has 12 rings (SSSR count). The summed E-state index contributed by atoms with van der Waals surface area (Å²) in [4.78, 5) is 41.7. The zero-order valence-electron chi connectivity index (χ0n) is 36.9. The van der Waals surface area contributed by atoms with Crippen LogP contribution in [0, 0.1) is 26.2 Å². The molecule has 1 aliphatic rings. The number of terminal acetylenes is 1. The lowest BCUT2D eigenvalue weighted by atomic mass is 10.1. The molecule has 16 heteroatoms. The molecule has 6 N–H and O–H groups in total. The van der Waals surface area contributed by atoms with E-state index in [1.807, 2.05) is 139 Å². The Morgan fingerprint density at radius 1 is 0.676 bits per heavy atom. The Balaban J connectivity index is 1.30. The van der Waals surface area contributed by atoms with Crippen molar-refractivity contribution >= 4 is 68.3 Å². The van der Waals surface area contributed by atoms with Crippen LogP contribution in [0.4, 0.5) is 0 Å². The number of hydrogen-bond donors (Lipinski definition) is 6. The molecule has 0 saturated carbocycles. The number of aromatic amines is 4. The van der Waals surface area contributed by atoms with Crippen LogP contribution >= 0.6 is 0 Å². The molecule has 0 fully saturated rings. The van der Waals surface area contributed by atoms with Crippen molar-refractivity contribution in [1.29, 1.82) is 0 Å². The monoisotopic (exact) mass is 893 g/mol. The Kier molecular flexibility index (Phi) is 9.43. The normalized spacial score (nSPS) is 12.8. The first kappa shape index (κ1) is 40.2. The summed E-state index contributed by atoms with van der Waals surface area (Å²) in [5.74, 6) is 6.23. The SMILES string of the molecule is C#CCc1nc(/C(c2nc3ccccc3[nH]2)=c2\c3c(C)n(NOc4ccccc4O)c(=C(c4nc5ccccc5[nH]4)c4nc5ccccc5[nH]4)c3c(C)n2B2Oc3ccccc3O2)[nH]c1/C=C\C. The summed E-state index contributed by atoms with van der Waals surface area (Å²) in [5.41, 5.74) is 12.1. The van der Waals surface area contributed by atoms with Crippen LogP contribution in [0.1, 0.15) is 53.0 Å². The topological polar surface area (TPSA) is 185 Å². The molecule has 5 aromatic carbocycles. The van der Waals surface area contributed by atoms with Crippen LogP contribution in [0.5, 0.6) is 23.0 Å². The van der Waals surface area contributed by atoms with Gasteiger partial charge in [-0.05, 0) is 87.5 Å². The molecule has 0 amide bonds. The van der Waals surface area contributed by atoms with Crippen molar-refractivity contribution in [2.45, 2.75) is 27.2 Å². The lowest BCUT2D eigenvalue weighted by Crippen LogP contribution is -2.43. The number of rotatable bonds is 10. The molecular formula is C52H40BN11O4. The summed E-state index contributed by atoms with van der Waals surface area (Å²) in [5, 5.41) is 13.8. The number of nitrogens with one attached hydrogen (secondary N) is 5. The minimum Gasteiger partial charge on any atom is -0.504 e. The van der Waals surface area contributed by atoms with Crippen LogP contribution in [0.15, 0.2) is 127 Å². The maximum atomic E-state index is 11.0. The van der Waals surface area contributed by atoms with Gasteiger partial charge in [0.25, 0.3) is 0 Å². The first-order valence-electron chi connectivity index (χ1n) is 22.0. The third-order valence-electron chi connectivity index (χ3n) is 12.2. The fourth-order valence-electron chi connectivity index (χ4n) is 9.19. The predicted molar refractivity (Wildman–Crippen MR) is 263 cm³/mol. The van der Waals surface area contributed by atoms with Gasteiger partial charge >= 0.3 is 7.25 Å². The second kappa shape index (κ2) is 16.0. The van der Waals surface area contributed by atoms with E-state index in [0.29, 0.717) is 68.0 Å². The molecule has 0 atom stereocenters. The zero-order valence-corrected chi connectivity index (χ0v) is 36.9. The second-order valence-corrected chi connectivity index (χ2v) is 16.4. The number of aromatic hydroxyl groups is 1. The number of aromatic nitrogens is 10. The number of imidazole rings is 4. The number of hydrogen-bond acceptors (Lipinski definition) is 9. The molecule has 0 saturated heterocycles. The van der Waals surface area contributed by atoms with Crippen LogP contribution < -0.4 is 30.4 Å². The molecule has 11 aromatic rings. The number of fused-ring (bicyclic) bond motifs is 5. The quantitative estimate of drug-likeness (QED) is 0.0456. The summed E-state index contributed by atoms with van der Waals surface area (Å²) in [6, 6.07) is 38.0. The van der Waals surface area contributed by atoms with Crippen molar-refractivity contribution in [2.75, 3.05) is 5.59 Å². The van der Waals surface area contributed by atoms with E-state index in [4.69, 9.17) is 40.5 Å². The van der Waals surface area contributed by atoms with Gasteiger partial charge in [-0.25, -0.2) is 24.6 Å². The van der Waals surface area contributed by atoms with Crippen molar-refractivity contribution in [1.82, 2.24) is 49.0 Å². The lowest BCUT2D eigenvalue weighted by molar-refractivity contribution is 0.314. The highest BCUT2D eigenvalue weighted by molar-refractivity contribution is 6.46. The van der Waals surface area contributed by atoms with Gasteiger partial charge in [0.1, 0.15) is 34.8 Å². The van der Waals surface area contributed by atoms with Gasteiger partial charge in [-0.15, -0.1) is 12.3 Å². The van der Waals surface area contributed by atoms with E-state index >= 15 is 0 Å². The van der Waals surface area contributed by atoms with Crippen LogP contribution in [0.25, 0.3) is 61.1 Å². The molecule has 330 valence electrons. The Hall–Kier alpha value is -9.36. The van der Waals surface area contributed by atoms with Crippen LogP contribution in [-0.2, 0) is 6.42 Å². The molecule has 0 spiro atoms. The minimum atomic E-state index is -0.989. The first-order valence-corrected chi connectivity index (χ1v) is 22.0. The number of allylic oxidation sites excluding steroid dienone is 1. The molecule has 0 bridgehead atoms. The molecule has 1 aliphatic heterocycles. The highest BCUT2D eigenvalue weighted by Gasteiger charge is 2.40. The van der Waals surface area contributed by atoms with Gasteiger partial charge in [0, 0.05) is 16.5 Å². The van der Waals surface area contributed by atoms with Crippen molar-refractivity contribution in [3.63, 3.8) is 0 Å². The van der Waals surface area contributed by atoms with Gasteiger partial charge in [0.15, 0.2) is 11.5 Å². The van der Waals surface area contributed by atoms with E-state index in [9.17, 15) is 5.11 Å². The molecule has 0 unspecified atom stereocenters. The maximum Gasteiger partial charge on any atom is 0.743 e. The van der Waals surface area contributed by atoms with Crippen LogP contribution in [0.3, 0.4) is 0 Å². The molecule has 7 heterocycles. The molecule has 0 aliphatic carbocycles.